The van der Waals surface area contributed by atoms with Crippen LogP contribution in [0.1, 0.15) is 11.1 Å². The summed E-state index contributed by atoms with van der Waals surface area (Å²) in [7, 11) is 0. The molecule has 0 atom stereocenters. The van der Waals surface area contributed by atoms with Crippen molar-refractivity contribution in [1.82, 2.24) is 0 Å². The molecule has 0 radical (unpaired) electrons. The van der Waals surface area contributed by atoms with Gasteiger partial charge < -0.3 is 5.32 Å². The third-order valence-corrected chi connectivity index (χ3v) is 2.87. The van der Waals surface area contributed by atoms with E-state index in [4.69, 9.17) is 0 Å². The molecule has 0 aromatic heterocycles. The Hall–Kier alpha value is -1.90. The molecule has 0 aliphatic heterocycles. The Morgan fingerprint density at radius 3 is 2.22 bits per heavy atom. The normalized spacial score (nSPS) is 10.4. The highest BCUT2D eigenvalue weighted by Crippen LogP contribution is 2.17. The molecular formula is C15H15F2N. The van der Waals surface area contributed by atoms with Crippen LogP contribution in [-0.2, 0) is 6.42 Å². The zero-order valence-electron chi connectivity index (χ0n) is 10.2. The van der Waals surface area contributed by atoms with Crippen molar-refractivity contribution in [3.63, 3.8) is 0 Å². The van der Waals surface area contributed by atoms with E-state index < -0.39 is 11.6 Å². The summed E-state index contributed by atoms with van der Waals surface area (Å²) in [5.41, 5.74) is 1.73. The Morgan fingerprint density at radius 2 is 1.61 bits per heavy atom. The fourth-order valence-corrected chi connectivity index (χ4v) is 1.74. The number of benzene rings is 2. The van der Waals surface area contributed by atoms with E-state index in [1.54, 1.807) is 0 Å². The van der Waals surface area contributed by atoms with Gasteiger partial charge in [0.15, 0.2) is 0 Å². The van der Waals surface area contributed by atoms with Crippen LogP contribution in [0.25, 0.3) is 0 Å². The van der Waals surface area contributed by atoms with E-state index >= 15 is 0 Å². The molecule has 18 heavy (non-hydrogen) atoms. The Morgan fingerprint density at radius 1 is 1.00 bits per heavy atom. The minimum Gasteiger partial charge on any atom is -0.385 e. The lowest BCUT2D eigenvalue weighted by atomic mass is 10.1. The third-order valence-electron chi connectivity index (χ3n) is 2.87. The van der Waals surface area contributed by atoms with Crippen molar-refractivity contribution in [3.05, 3.63) is 65.2 Å². The van der Waals surface area contributed by atoms with Crippen LogP contribution in [0.3, 0.4) is 0 Å². The molecule has 0 aliphatic rings. The highest BCUT2D eigenvalue weighted by molar-refractivity contribution is 5.46. The van der Waals surface area contributed by atoms with Crippen molar-refractivity contribution in [3.8, 4) is 0 Å². The molecule has 2 aromatic rings. The Balaban J connectivity index is 1.95. The number of hydrogen-bond donors (Lipinski definition) is 1. The van der Waals surface area contributed by atoms with Gasteiger partial charge in [-0.25, -0.2) is 8.78 Å². The van der Waals surface area contributed by atoms with E-state index in [1.807, 2.05) is 30.3 Å². The molecule has 0 fully saturated rings. The summed E-state index contributed by atoms with van der Waals surface area (Å²) >= 11 is 0. The SMILES string of the molecule is Cc1c(F)cc(NCCc2ccccc2)cc1F. The van der Waals surface area contributed by atoms with Gasteiger partial charge in [0, 0.05) is 17.8 Å². The summed E-state index contributed by atoms with van der Waals surface area (Å²) in [6.45, 7) is 2.07. The van der Waals surface area contributed by atoms with E-state index in [0.717, 1.165) is 6.42 Å². The molecule has 0 spiro atoms. The van der Waals surface area contributed by atoms with Crippen molar-refractivity contribution >= 4 is 5.69 Å². The summed E-state index contributed by atoms with van der Waals surface area (Å²) in [5, 5.41) is 3.02. The first kappa shape index (κ1) is 12.6. The minimum absolute atomic E-state index is 0.0589. The van der Waals surface area contributed by atoms with E-state index in [0.29, 0.717) is 12.2 Å². The predicted octanol–water partition coefficient (Wildman–Crippen LogP) is 3.93. The zero-order chi connectivity index (χ0) is 13.0. The first-order valence-corrected chi connectivity index (χ1v) is 5.90. The fraction of sp³-hybridized carbons (Fsp3) is 0.200. The molecule has 0 saturated heterocycles. The number of hydrogen-bond acceptors (Lipinski definition) is 1. The Kier molecular flexibility index (Phi) is 3.92. The van der Waals surface area contributed by atoms with Gasteiger partial charge in [-0.2, -0.15) is 0 Å². The zero-order valence-corrected chi connectivity index (χ0v) is 10.2. The van der Waals surface area contributed by atoms with Crippen LogP contribution >= 0.6 is 0 Å². The van der Waals surface area contributed by atoms with E-state index in [9.17, 15) is 8.78 Å². The van der Waals surface area contributed by atoms with Crippen LogP contribution in [-0.4, -0.2) is 6.54 Å². The van der Waals surface area contributed by atoms with Crippen molar-refractivity contribution < 1.29 is 8.78 Å². The van der Waals surface area contributed by atoms with Gasteiger partial charge in [0.2, 0.25) is 0 Å². The molecule has 3 heteroatoms. The first-order valence-electron chi connectivity index (χ1n) is 5.90. The molecule has 0 saturated carbocycles. The molecule has 0 amide bonds. The maximum atomic E-state index is 13.3. The molecular weight excluding hydrogens is 232 g/mol. The Bertz CT molecular complexity index is 500. The average Bonchev–Trinajstić information content (AvgIpc) is 2.37. The topological polar surface area (TPSA) is 12.0 Å². The lowest BCUT2D eigenvalue weighted by Crippen LogP contribution is -2.06. The van der Waals surface area contributed by atoms with Gasteiger partial charge in [-0.1, -0.05) is 30.3 Å². The number of halogens is 2. The van der Waals surface area contributed by atoms with Crippen molar-refractivity contribution in [1.29, 1.82) is 0 Å². The van der Waals surface area contributed by atoms with Crippen LogP contribution in [0, 0.1) is 18.6 Å². The lowest BCUT2D eigenvalue weighted by Gasteiger charge is -2.08. The first-order chi connectivity index (χ1) is 8.66. The summed E-state index contributed by atoms with van der Waals surface area (Å²) in [5.74, 6) is -1.03. The summed E-state index contributed by atoms with van der Waals surface area (Å²) in [6, 6.07) is 12.6. The molecule has 2 aromatic carbocycles. The monoisotopic (exact) mass is 247 g/mol. The minimum atomic E-state index is -0.516. The molecule has 1 nitrogen and oxygen atoms in total. The van der Waals surface area contributed by atoms with Gasteiger partial charge in [-0.3, -0.25) is 0 Å². The highest BCUT2D eigenvalue weighted by Gasteiger charge is 2.06. The van der Waals surface area contributed by atoms with E-state index in [1.165, 1.54) is 24.6 Å². The van der Waals surface area contributed by atoms with Crippen LogP contribution in [0.5, 0.6) is 0 Å². The molecule has 94 valence electrons. The second kappa shape index (κ2) is 5.63. The summed E-state index contributed by atoms with van der Waals surface area (Å²) in [6.07, 6.45) is 0.817. The molecule has 0 heterocycles. The second-order valence-electron chi connectivity index (χ2n) is 4.23. The second-order valence-corrected chi connectivity index (χ2v) is 4.23. The molecule has 1 N–H and O–H groups in total. The number of anilines is 1. The molecule has 0 bridgehead atoms. The predicted molar refractivity (Wildman–Crippen MR) is 69.7 cm³/mol. The number of nitrogens with one attached hydrogen (secondary N) is 1. The van der Waals surface area contributed by atoms with Crippen LogP contribution in [0.4, 0.5) is 14.5 Å². The smallest absolute Gasteiger partial charge is 0.131 e. The van der Waals surface area contributed by atoms with Crippen molar-refractivity contribution in [2.45, 2.75) is 13.3 Å². The van der Waals surface area contributed by atoms with Crippen LogP contribution in [0.15, 0.2) is 42.5 Å². The van der Waals surface area contributed by atoms with Gasteiger partial charge in [0.1, 0.15) is 11.6 Å². The fourth-order valence-electron chi connectivity index (χ4n) is 1.74. The van der Waals surface area contributed by atoms with E-state index in [2.05, 4.69) is 5.32 Å². The van der Waals surface area contributed by atoms with Gasteiger partial charge in [-0.05, 0) is 31.0 Å². The average molecular weight is 247 g/mol. The lowest BCUT2D eigenvalue weighted by molar-refractivity contribution is 0.569. The third kappa shape index (κ3) is 3.06. The summed E-state index contributed by atoms with van der Waals surface area (Å²) in [4.78, 5) is 0. The standard InChI is InChI=1S/C15H15F2N/c1-11-14(16)9-13(10-15(11)17)18-8-7-12-5-3-2-4-6-12/h2-6,9-10,18H,7-8H2,1H3. The van der Waals surface area contributed by atoms with Gasteiger partial charge in [0.25, 0.3) is 0 Å². The van der Waals surface area contributed by atoms with Crippen LogP contribution < -0.4 is 5.32 Å². The van der Waals surface area contributed by atoms with E-state index in [-0.39, 0.29) is 5.56 Å². The van der Waals surface area contributed by atoms with Crippen molar-refractivity contribution in [2.24, 2.45) is 0 Å². The van der Waals surface area contributed by atoms with Gasteiger partial charge >= 0.3 is 0 Å². The van der Waals surface area contributed by atoms with Crippen LogP contribution in [0.2, 0.25) is 0 Å². The molecule has 0 unspecified atom stereocenters. The molecule has 0 aliphatic carbocycles. The van der Waals surface area contributed by atoms with Crippen molar-refractivity contribution in [2.75, 3.05) is 11.9 Å². The maximum Gasteiger partial charge on any atom is 0.131 e. The highest BCUT2D eigenvalue weighted by atomic mass is 19.1. The summed E-state index contributed by atoms with van der Waals surface area (Å²) < 4.78 is 26.6. The quantitative estimate of drug-likeness (QED) is 0.863. The molecule has 2 rings (SSSR count). The van der Waals surface area contributed by atoms with Gasteiger partial charge in [0.05, 0.1) is 0 Å². The largest absolute Gasteiger partial charge is 0.385 e. The van der Waals surface area contributed by atoms with Gasteiger partial charge in [-0.15, -0.1) is 0 Å². The number of rotatable bonds is 4. The maximum absolute atomic E-state index is 13.3. The Labute approximate surface area is 105 Å².